The van der Waals surface area contributed by atoms with E-state index in [1.807, 2.05) is 30.0 Å². The Balaban J connectivity index is 2.26. The van der Waals surface area contributed by atoms with E-state index in [0.717, 1.165) is 5.69 Å². The number of hydrogen-bond acceptors (Lipinski definition) is 5. The summed E-state index contributed by atoms with van der Waals surface area (Å²) in [5, 5.41) is 7.65. The fraction of sp³-hybridized carbons (Fsp3) is 0.273. The Morgan fingerprint density at radius 2 is 2.06 bits per heavy atom. The molecule has 5 nitrogen and oxygen atoms in total. The molecule has 0 atom stereocenters. The van der Waals surface area contributed by atoms with Gasteiger partial charge in [0.2, 0.25) is 5.28 Å². The molecule has 0 aliphatic heterocycles. The first-order valence-electron chi connectivity index (χ1n) is 5.41. The van der Waals surface area contributed by atoms with E-state index in [9.17, 15) is 0 Å². The number of hydrogen-bond donors (Lipinski definition) is 0. The fourth-order valence-electron chi connectivity index (χ4n) is 1.51. The average molecular weight is 284 g/mol. The van der Waals surface area contributed by atoms with E-state index in [2.05, 4.69) is 20.2 Å². The van der Waals surface area contributed by atoms with E-state index >= 15 is 0 Å². The standard InChI is InChI=1S/C11H11Cl2N5/c1-2-18(7-8-5-3-4-6-14-8)10-9(12)16-17-11(13)15-10/h3-6H,2,7H2,1H3. The van der Waals surface area contributed by atoms with Crippen LogP contribution in [0.2, 0.25) is 10.4 Å². The van der Waals surface area contributed by atoms with Crippen LogP contribution in [0, 0.1) is 0 Å². The topological polar surface area (TPSA) is 54.8 Å². The summed E-state index contributed by atoms with van der Waals surface area (Å²) in [6.07, 6.45) is 1.75. The number of aromatic nitrogens is 4. The highest BCUT2D eigenvalue weighted by molar-refractivity contribution is 6.32. The van der Waals surface area contributed by atoms with E-state index in [4.69, 9.17) is 23.2 Å². The van der Waals surface area contributed by atoms with Crippen molar-refractivity contribution >= 4 is 29.0 Å². The molecule has 0 saturated carbocycles. The first kappa shape index (κ1) is 13.0. The van der Waals surface area contributed by atoms with E-state index < -0.39 is 0 Å². The minimum Gasteiger partial charge on any atom is -0.348 e. The summed E-state index contributed by atoms with van der Waals surface area (Å²) >= 11 is 11.7. The smallest absolute Gasteiger partial charge is 0.245 e. The molecule has 2 rings (SSSR count). The minimum atomic E-state index is 0.0777. The molecule has 94 valence electrons. The molecule has 0 aliphatic carbocycles. The zero-order valence-electron chi connectivity index (χ0n) is 9.72. The highest BCUT2D eigenvalue weighted by Crippen LogP contribution is 2.22. The normalized spacial score (nSPS) is 10.4. The van der Waals surface area contributed by atoms with Crippen LogP contribution in [-0.2, 0) is 6.54 Å². The second-order valence-electron chi connectivity index (χ2n) is 3.53. The number of rotatable bonds is 4. The van der Waals surface area contributed by atoms with Gasteiger partial charge in [-0.3, -0.25) is 4.98 Å². The van der Waals surface area contributed by atoms with Gasteiger partial charge in [0.15, 0.2) is 11.0 Å². The number of pyridine rings is 1. The van der Waals surface area contributed by atoms with Crippen molar-refractivity contribution in [2.24, 2.45) is 0 Å². The molecule has 0 aromatic carbocycles. The monoisotopic (exact) mass is 283 g/mol. The van der Waals surface area contributed by atoms with Gasteiger partial charge in [-0.1, -0.05) is 17.7 Å². The Kier molecular flexibility index (Phi) is 4.28. The Bertz CT molecular complexity index is 520. The van der Waals surface area contributed by atoms with E-state index in [1.165, 1.54) is 0 Å². The molecular formula is C11H11Cl2N5. The van der Waals surface area contributed by atoms with Crippen molar-refractivity contribution in [1.29, 1.82) is 0 Å². The third kappa shape index (κ3) is 3.05. The summed E-state index contributed by atoms with van der Waals surface area (Å²) in [5.74, 6) is 0.518. The number of halogens is 2. The molecule has 0 fully saturated rings. The lowest BCUT2D eigenvalue weighted by Gasteiger charge is -2.21. The first-order valence-corrected chi connectivity index (χ1v) is 6.17. The predicted octanol–water partition coefficient (Wildman–Crippen LogP) is 2.60. The Labute approximate surface area is 115 Å². The summed E-state index contributed by atoms with van der Waals surface area (Å²) in [6, 6.07) is 5.74. The third-order valence-electron chi connectivity index (χ3n) is 2.36. The molecule has 2 heterocycles. The first-order chi connectivity index (χ1) is 8.70. The largest absolute Gasteiger partial charge is 0.348 e. The van der Waals surface area contributed by atoms with Gasteiger partial charge in [0.25, 0.3) is 0 Å². The van der Waals surface area contributed by atoms with Gasteiger partial charge in [0, 0.05) is 12.7 Å². The Morgan fingerprint density at radius 1 is 1.22 bits per heavy atom. The van der Waals surface area contributed by atoms with Crippen molar-refractivity contribution in [3.63, 3.8) is 0 Å². The molecule has 18 heavy (non-hydrogen) atoms. The lowest BCUT2D eigenvalue weighted by molar-refractivity contribution is 0.780. The van der Waals surface area contributed by atoms with Gasteiger partial charge >= 0.3 is 0 Å². The van der Waals surface area contributed by atoms with Crippen LogP contribution in [0.15, 0.2) is 24.4 Å². The van der Waals surface area contributed by atoms with Crippen molar-refractivity contribution in [2.75, 3.05) is 11.4 Å². The second kappa shape index (κ2) is 5.93. The van der Waals surface area contributed by atoms with Gasteiger partial charge in [-0.25, -0.2) is 0 Å². The summed E-state index contributed by atoms with van der Waals surface area (Å²) in [7, 11) is 0. The van der Waals surface area contributed by atoms with Crippen LogP contribution in [0.25, 0.3) is 0 Å². The van der Waals surface area contributed by atoms with Crippen LogP contribution in [-0.4, -0.2) is 26.7 Å². The highest BCUT2D eigenvalue weighted by atomic mass is 35.5. The molecule has 7 heteroatoms. The maximum absolute atomic E-state index is 5.98. The lowest BCUT2D eigenvalue weighted by atomic mass is 10.3. The minimum absolute atomic E-state index is 0.0777. The fourth-order valence-corrected chi connectivity index (χ4v) is 1.83. The molecule has 0 radical (unpaired) electrons. The Morgan fingerprint density at radius 3 is 2.72 bits per heavy atom. The molecule has 0 aliphatic rings. The average Bonchev–Trinajstić information content (AvgIpc) is 2.40. The van der Waals surface area contributed by atoms with Crippen LogP contribution in [0.5, 0.6) is 0 Å². The third-order valence-corrected chi connectivity index (χ3v) is 2.77. The number of nitrogens with zero attached hydrogens (tertiary/aromatic N) is 5. The van der Waals surface area contributed by atoms with Gasteiger partial charge in [-0.2, -0.15) is 4.98 Å². The zero-order chi connectivity index (χ0) is 13.0. The van der Waals surface area contributed by atoms with Crippen molar-refractivity contribution < 1.29 is 0 Å². The molecule has 2 aromatic rings. The van der Waals surface area contributed by atoms with Gasteiger partial charge < -0.3 is 4.90 Å². The quantitative estimate of drug-likeness (QED) is 0.863. The molecule has 0 amide bonds. The van der Waals surface area contributed by atoms with Gasteiger partial charge in [0.05, 0.1) is 12.2 Å². The summed E-state index contributed by atoms with van der Waals surface area (Å²) in [4.78, 5) is 10.3. The number of anilines is 1. The summed E-state index contributed by atoms with van der Waals surface area (Å²) in [6.45, 7) is 3.30. The van der Waals surface area contributed by atoms with Crippen LogP contribution in [0.1, 0.15) is 12.6 Å². The molecule has 0 bridgehead atoms. The maximum atomic E-state index is 5.98. The zero-order valence-corrected chi connectivity index (χ0v) is 11.2. The van der Waals surface area contributed by atoms with Gasteiger partial charge in [-0.05, 0) is 30.7 Å². The van der Waals surface area contributed by atoms with E-state index in [0.29, 0.717) is 18.9 Å². The van der Waals surface area contributed by atoms with Crippen LogP contribution in [0.4, 0.5) is 5.82 Å². The van der Waals surface area contributed by atoms with Gasteiger partial charge in [-0.15, -0.1) is 10.2 Å². The van der Waals surface area contributed by atoms with Crippen LogP contribution < -0.4 is 4.90 Å². The SMILES string of the molecule is CCN(Cc1ccccn1)c1nc(Cl)nnc1Cl. The summed E-state index contributed by atoms with van der Waals surface area (Å²) < 4.78 is 0. The van der Waals surface area contributed by atoms with Crippen LogP contribution >= 0.6 is 23.2 Å². The molecular weight excluding hydrogens is 273 g/mol. The highest BCUT2D eigenvalue weighted by Gasteiger charge is 2.14. The molecule has 0 spiro atoms. The maximum Gasteiger partial charge on any atom is 0.245 e. The van der Waals surface area contributed by atoms with Gasteiger partial charge in [0.1, 0.15) is 0 Å². The molecule has 0 saturated heterocycles. The lowest BCUT2D eigenvalue weighted by Crippen LogP contribution is -2.24. The second-order valence-corrected chi connectivity index (χ2v) is 4.23. The molecule has 0 N–H and O–H groups in total. The van der Waals surface area contributed by atoms with Crippen molar-refractivity contribution in [3.05, 3.63) is 40.5 Å². The molecule has 2 aromatic heterocycles. The van der Waals surface area contributed by atoms with Crippen molar-refractivity contribution in [1.82, 2.24) is 20.2 Å². The van der Waals surface area contributed by atoms with Crippen molar-refractivity contribution in [3.8, 4) is 0 Å². The Hall–Kier alpha value is -1.46. The van der Waals surface area contributed by atoms with E-state index in [-0.39, 0.29) is 10.4 Å². The van der Waals surface area contributed by atoms with Crippen molar-refractivity contribution in [2.45, 2.75) is 13.5 Å². The van der Waals surface area contributed by atoms with E-state index in [1.54, 1.807) is 6.20 Å². The summed E-state index contributed by atoms with van der Waals surface area (Å²) in [5.41, 5.74) is 0.921. The molecule has 0 unspecified atom stereocenters. The van der Waals surface area contributed by atoms with Crippen LogP contribution in [0.3, 0.4) is 0 Å². The predicted molar refractivity (Wildman–Crippen MR) is 70.8 cm³/mol.